The molecule has 0 unspecified atom stereocenters. The molecule has 1 heterocycles. The Bertz CT molecular complexity index is 836. The highest BCUT2D eigenvalue weighted by molar-refractivity contribution is 9.11. The maximum Gasteiger partial charge on any atom is 0.310 e. The molecule has 1 aliphatic heterocycles. The molecule has 0 saturated carbocycles. The van der Waals surface area contributed by atoms with E-state index >= 15 is 0 Å². The average molecular weight is 467 g/mol. The van der Waals surface area contributed by atoms with Gasteiger partial charge in [0.05, 0.1) is 29.8 Å². The molecular formula is C18H13Br2NO4. The number of imide groups is 1. The number of halogens is 2. The van der Waals surface area contributed by atoms with Crippen LogP contribution in [-0.2, 0) is 16.0 Å². The number of hydrogen-bond donors (Lipinski definition) is 0. The van der Waals surface area contributed by atoms with Crippen molar-refractivity contribution in [2.45, 2.75) is 13.3 Å². The minimum atomic E-state index is -0.375. The first-order valence-electron chi connectivity index (χ1n) is 7.55. The van der Waals surface area contributed by atoms with E-state index in [0.717, 1.165) is 4.90 Å². The monoisotopic (exact) mass is 465 g/mol. The smallest absolute Gasteiger partial charge is 0.310 e. The fourth-order valence-corrected chi connectivity index (χ4v) is 4.34. The molecule has 0 N–H and O–H groups in total. The molecule has 0 bridgehead atoms. The first kappa shape index (κ1) is 17.8. The summed E-state index contributed by atoms with van der Waals surface area (Å²) in [5, 5.41) is 0. The van der Waals surface area contributed by atoms with Crippen molar-refractivity contribution in [3.63, 3.8) is 0 Å². The van der Waals surface area contributed by atoms with E-state index < -0.39 is 0 Å². The second kappa shape index (κ2) is 7.09. The molecule has 2 amide bonds. The Morgan fingerprint density at radius 3 is 2.04 bits per heavy atom. The third-order valence-corrected chi connectivity index (χ3v) is 4.96. The number of carbonyl (C=O) groups excluding carboxylic acids is 3. The zero-order valence-electron chi connectivity index (χ0n) is 13.2. The van der Waals surface area contributed by atoms with Crippen LogP contribution in [0.5, 0.6) is 0 Å². The van der Waals surface area contributed by atoms with Crippen molar-refractivity contribution in [2.75, 3.05) is 11.5 Å². The minimum absolute atomic E-state index is 0.105. The van der Waals surface area contributed by atoms with Crippen LogP contribution in [0.2, 0.25) is 0 Å². The summed E-state index contributed by atoms with van der Waals surface area (Å²) < 4.78 is 6.02. The van der Waals surface area contributed by atoms with Crippen LogP contribution >= 0.6 is 31.9 Å². The fourth-order valence-electron chi connectivity index (χ4n) is 2.70. The summed E-state index contributed by atoms with van der Waals surface area (Å²) in [5.74, 6) is -1.09. The van der Waals surface area contributed by atoms with Crippen LogP contribution in [0.1, 0.15) is 33.2 Å². The van der Waals surface area contributed by atoms with Gasteiger partial charge < -0.3 is 4.74 Å². The molecule has 128 valence electrons. The number of benzene rings is 2. The Balaban J connectivity index is 1.98. The number of hydrogen-bond acceptors (Lipinski definition) is 4. The zero-order chi connectivity index (χ0) is 18.1. The Morgan fingerprint density at radius 1 is 1.04 bits per heavy atom. The lowest BCUT2D eigenvalue weighted by atomic mass is 10.1. The summed E-state index contributed by atoms with van der Waals surface area (Å²) in [6, 6.07) is 10.1. The molecule has 5 nitrogen and oxygen atoms in total. The highest BCUT2D eigenvalue weighted by Gasteiger charge is 2.38. The van der Waals surface area contributed by atoms with Crippen LogP contribution in [0.4, 0.5) is 5.69 Å². The lowest BCUT2D eigenvalue weighted by molar-refractivity contribution is -0.142. The molecule has 0 saturated heterocycles. The molecule has 3 rings (SSSR count). The standard InChI is InChI=1S/C18H13Br2NO4/c1-2-25-15(22)9-10-7-13(19)16(14(20)8-10)21-17(23)11-5-3-4-6-12(11)18(21)24/h3-8H,2,9H2,1H3. The Hall–Kier alpha value is -1.99. The van der Waals surface area contributed by atoms with E-state index in [1.165, 1.54) is 0 Å². The van der Waals surface area contributed by atoms with Gasteiger partial charge in [-0.25, -0.2) is 4.90 Å². The maximum atomic E-state index is 12.6. The number of carbonyl (C=O) groups is 3. The molecule has 7 heteroatoms. The maximum absolute atomic E-state index is 12.6. The summed E-state index contributed by atoms with van der Waals surface area (Å²) >= 11 is 6.82. The summed E-state index contributed by atoms with van der Waals surface area (Å²) in [7, 11) is 0. The lowest BCUT2D eigenvalue weighted by Crippen LogP contribution is -2.30. The summed E-state index contributed by atoms with van der Waals surface area (Å²) in [5.41, 5.74) is 1.88. The van der Waals surface area contributed by atoms with E-state index in [1.807, 2.05) is 0 Å². The predicted octanol–water partition coefficient (Wildman–Crippen LogP) is 4.12. The van der Waals surface area contributed by atoms with Gasteiger partial charge in [0, 0.05) is 8.95 Å². The van der Waals surface area contributed by atoms with E-state index in [0.29, 0.717) is 37.9 Å². The van der Waals surface area contributed by atoms with Crippen molar-refractivity contribution in [3.05, 3.63) is 62.0 Å². The van der Waals surface area contributed by atoms with E-state index in [4.69, 9.17) is 4.74 Å². The van der Waals surface area contributed by atoms with Crippen molar-refractivity contribution in [1.82, 2.24) is 0 Å². The fraction of sp³-hybridized carbons (Fsp3) is 0.167. The number of ether oxygens (including phenoxy) is 1. The van der Waals surface area contributed by atoms with Gasteiger partial charge in [0.1, 0.15) is 0 Å². The quantitative estimate of drug-likeness (QED) is 0.502. The van der Waals surface area contributed by atoms with Crippen molar-refractivity contribution in [3.8, 4) is 0 Å². The molecule has 0 atom stereocenters. The van der Waals surface area contributed by atoms with Gasteiger partial charge in [-0.05, 0) is 68.6 Å². The summed E-state index contributed by atoms with van der Waals surface area (Å²) in [6.45, 7) is 2.06. The van der Waals surface area contributed by atoms with E-state index in [1.54, 1.807) is 43.3 Å². The van der Waals surface area contributed by atoms with Gasteiger partial charge in [0.25, 0.3) is 11.8 Å². The molecule has 0 fully saturated rings. The molecular weight excluding hydrogens is 454 g/mol. The lowest BCUT2D eigenvalue weighted by Gasteiger charge is -2.18. The van der Waals surface area contributed by atoms with Crippen molar-refractivity contribution in [2.24, 2.45) is 0 Å². The zero-order valence-corrected chi connectivity index (χ0v) is 16.4. The predicted molar refractivity (Wildman–Crippen MR) is 99.8 cm³/mol. The average Bonchev–Trinajstić information content (AvgIpc) is 2.80. The van der Waals surface area contributed by atoms with Crippen LogP contribution < -0.4 is 4.90 Å². The molecule has 0 aliphatic carbocycles. The number of nitrogens with zero attached hydrogens (tertiary/aromatic N) is 1. The number of esters is 1. The third kappa shape index (κ3) is 3.26. The number of rotatable bonds is 4. The first-order chi connectivity index (χ1) is 11.9. The van der Waals surface area contributed by atoms with Gasteiger partial charge in [-0.1, -0.05) is 12.1 Å². The van der Waals surface area contributed by atoms with E-state index in [9.17, 15) is 14.4 Å². The molecule has 1 aliphatic rings. The van der Waals surface area contributed by atoms with E-state index in [-0.39, 0.29) is 24.2 Å². The first-order valence-corrected chi connectivity index (χ1v) is 9.14. The largest absolute Gasteiger partial charge is 0.466 e. The highest BCUT2D eigenvalue weighted by atomic mass is 79.9. The third-order valence-electron chi connectivity index (χ3n) is 3.75. The van der Waals surface area contributed by atoms with Crippen LogP contribution in [0.15, 0.2) is 45.3 Å². The minimum Gasteiger partial charge on any atom is -0.466 e. The van der Waals surface area contributed by atoms with Gasteiger partial charge in [0.2, 0.25) is 0 Å². The molecule has 25 heavy (non-hydrogen) atoms. The van der Waals surface area contributed by atoms with Crippen LogP contribution in [-0.4, -0.2) is 24.4 Å². The number of fused-ring (bicyclic) bond motifs is 1. The topological polar surface area (TPSA) is 63.7 Å². The van der Waals surface area contributed by atoms with Crippen molar-refractivity contribution < 1.29 is 19.1 Å². The normalized spacial score (nSPS) is 13.2. The van der Waals surface area contributed by atoms with Gasteiger partial charge in [-0.15, -0.1) is 0 Å². The van der Waals surface area contributed by atoms with Gasteiger partial charge in [0.15, 0.2) is 0 Å². The highest BCUT2D eigenvalue weighted by Crippen LogP contribution is 2.39. The molecule has 0 radical (unpaired) electrons. The van der Waals surface area contributed by atoms with Crippen LogP contribution in [0.25, 0.3) is 0 Å². The van der Waals surface area contributed by atoms with Crippen molar-refractivity contribution in [1.29, 1.82) is 0 Å². The van der Waals surface area contributed by atoms with Gasteiger partial charge >= 0.3 is 5.97 Å². The summed E-state index contributed by atoms with van der Waals surface area (Å²) in [4.78, 5) is 38.1. The van der Waals surface area contributed by atoms with Crippen LogP contribution in [0, 0.1) is 0 Å². The van der Waals surface area contributed by atoms with E-state index in [2.05, 4.69) is 31.9 Å². The number of amides is 2. The van der Waals surface area contributed by atoms with Crippen LogP contribution in [0.3, 0.4) is 0 Å². The summed E-state index contributed by atoms with van der Waals surface area (Å²) in [6.07, 6.45) is 0.105. The van der Waals surface area contributed by atoms with Gasteiger partial charge in [-0.3, -0.25) is 14.4 Å². The Morgan fingerprint density at radius 2 is 1.56 bits per heavy atom. The Kier molecular flexibility index (Phi) is 5.06. The molecule has 0 spiro atoms. The molecule has 2 aromatic rings. The van der Waals surface area contributed by atoms with Crippen molar-refractivity contribution >= 4 is 55.3 Å². The Labute approximate surface area is 161 Å². The van der Waals surface area contributed by atoms with Gasteiger partial charge in [-0.2, -0.15) is 0 Å². The second-order valence-corrected chi connectivity index (χ2v) is 7.09. The molecule has 2 aromatic carbocycles. The SMILES string of the molecule is CCOC(=O)Cc1cc(Br)c(N2C(=O)c3ccccc3C2=O)c(Br)c1. The second-order valence-electron chi connectivity index (χ2n) is 5.38. The molecule has 0 aromatic heterocycles. The number of anilines is 1.